The maximum Gasteiger partial charge on any atom is 0.416 e. The van der Waals surface area contributed by atoms with Crippen molar-refractivity contribution in [2.45, 2.75) is 57.7 Å². The summed E-state index contributed by atoms with van der Waals surface area (Å²) in [6, 6.07) is 4.16. The molecule has 0 saturated heterocycles. The van der Waals surface area contributed by atoms with E-state index in [0.717, 1.165) is 35.8 Å². The molecule has 2 aromatic rings. The lowest BCUT2D eigenvalue weighted by molar-refractivity contribution is -0.770. The van der Waals surface area contributed by atoms with Crippen molar-refractivity contribution < 1.29 is 37.4 Å². The number of aromatic nitrogens is 1. The molecule has 0 saturated carbocycles. The van der Waals surface area contributed by atoms with Crippen molar-refractivity contribution in [3.05, 3.63) is 73.7 Å². The van der Waals surface area contributed by atoms with Gasteiger partial charge in [-0.2, -0.15) is 13.2 Å². The highest BCUT2D eigenvalue weighted by molar-refractivity contribution is 5.66. The lowest BCUT2D eigenvalue weighted by Crippen LogP contribution is -2.54. The van der Waals surface area contributed by atoms with E-state index in [1.165, 1.54) is 19.2 Å². The van der Waals surface area contributed by atoms with Crippen LogP contribution in [0.15, 0.2) is 41.3 Å². The summed E-state index contributed by atoms with van der Waals surface area (Å²) < 4.78 is 52.6. The summed E-state index contributed by atoms with van der Waals surface area (Å²) in [6.45, 7) is 5.67. The Morgan fingerprint density at radius 3 is 2.48 bits per heavy atom. The van der Waals surface area contributed by atoms with E-state index in [4.69, 9.17) is 9.47 Å². The van der Waals surface area contributed by atoms with Crippen LogP contribution in [0.5, 0.6) is 5.75 Å². The second-order valence-electron chi connectivity index (χ2n) is 8.11. The molecule has 0 radical (unpaired) electrons. The van der Waals surface area contributed by atoms with Crippen LogP contribution in [0.3, 0.4) is 0 Å². The molecule has 0 aliphatic carbocycles. The molecule has 1 aliphatic rings. The number of esters is 1. The lowest BCUT2D eigenvalue weighted by Gasteiger charge is -2.44. The van der Waals surface area contributed by atoms with Crippen molar-refractivity contribution in [3.8, 4) is 5.75 Å². The van der Waals surface area contributed by atoms with Gasteiger partial charge in [-0.3, -0.25) is 9.59 Å². The van der Waals surface area contributed by atoms with Crippen LogP contribution < -0.4 is 10.3 Å². The highest BCUT2D eigenvalue weighted by Gasteiger charge is 2.48. The molecule has 1 aliphatic heterocycles. The molecule has 3 atom stereocenters. The maximum atomic E-state index is 13.4. The first kappa shape index (κ1) is 24.1. The predicted molar refractivity (Wildman–Crippen MR) is 107 cm³/mol. The highest BCUT2D eigenvalue weighted by Crippen LogP contribution is 2.45. The van der Waals surface area contributed by atoms with Gasteiger partial charge >= 0.3 is 12.1 Å². The molecule has 178 valence electrons. The summed E-state index contributed by atoms with van der Waals surface area (Å²) in [5.41, 5.74) is -2.67. The standard InChI is InChI=1S/C21H21F3N2O7/c1-11(33-26(29)30)13-7-8-25(17(28)9-13)18-15-10-14(21(22,23)24)5-6-16(15)32-20(3,4)19(18)31-12(2)27/h5-11,18-19H,1-4H3/t11?,18-,19+/m1/s1. The van der Waals surface area contributed by atoms with E-state index in [0.29, 0.717) is 0 Å². The average molecular weight is 470 g/mol. The van der Waals surface area contributed by atoms with Gasteiger partial charge in [0.2, 0.25) is 0 Å². The molecule has 33 heavy (non-hydrogen) atoms. The molecule has 1 aromatic carbocycles. The van der Waals surface area contributed by atoms with Gasteiger partial charge in [-0.25, -0.2) is 0 Å². The van der Waals surface area contributed by atoms with E-state index in [-0.39, 0.29) is 16.9 Å². The third kappa shape index (κ3) is 4.94. The quantitative estimate of drug-likeness (QED) is 0.371. The number of hydrogen-bond donors (Lipinski definition) is 0. The molecule has 0 N–H and O–H groups in total. The molecular formula is C21H21F3N2O7. The number of halogens is 3. The fourth-order valence-electron chi connectivity index (χ4n) is 3.79. The zero-order chi connectivity index (χ0) is 24.7. The third-order valence-corrected chi connectivity index (χ3v) is 5.28. The molecule has 0 fully saturated rings. The van der Waals surface area contributed by atoms with E-state index >= 15 is 0 Å². The number of ether oxygens (including phenoxy) is 2. The van der Waals surface area contributed by atoms with E-state index in [2.05, 4.69) is 4.84 Å². The average Bonchev–Trinajstić information content (AvgIpc) is 2.66. The first-order valence-corrected chi connectivity index (χ1v) is 9.81. The molecule has 3 rings (SSSR count). The van der Waals surface area contributed by atoms with E-state index in [1.807, 2.05) is 0 Å². The Hall–Kier alpha value is -3.57. The lowest BCUT2D eigenvalue weighted by atomic mass is 9.85. The number of fused-ring (bicyclic) bond motifs is 1. The Bertz CT molecular complexity index is 1140. The molecule has 0 amide bonds. The summed E-state index contributed by atoms with van der Waals surface area (Å²) in [4.78, 5) is 39.9. The Morgan fingerprint density at radius 1 is 1.27 bits per heavy atom. The van der Waals surface area contributed by atoms with Gasteiger partial charge in [-0.15, -0.1) is 10.1 Å². The van der Waals surface area contributed by atoms with Crippen molar-refractivity contribution in [1.29, 1.82) is 0 Å². The predicted octanol–water partition coefficient (Wildman–Crippen LogP) is 3.83. The van der Waals surface area contributed by atoms with Crippen molar-refractivity contribution in [1.82, 2.24) is 4.57 Å². The largest absolute Gasteiger partial charge is 0.484 e. The topological polar surface area (TPSA) is 110 Å². The fraction of sp³-hybridized carbons (Fsp3) is 0.429. The van der Waals surface area contributed by atoms with Crippen LogP contribution in [0.25, 0.3) is 0 Å². The van der Waals surface area contributed by atoms with Gasteiger partial charge in [0.15, 0.2) is 6.10 Å². The zero-order valence-electron chi connectivity index (χ0n) is 18.1. The van der Waals surface area contributed by atoms with Crippen LogP contribution in [0.4, 0.5) is 13.2 Å². The molecular weight excluding hydrogens is 449 g/mol. The summed E-state index contributed by atoms with van der Waals surface area (Å²) in [5.74, 6) is -0.614. The summed E-state index contributed by atoms with van der Waals surface area (Å²) in [6.07, 6.45) is -5.61. The Labute approximate surface area is 185 Å². The van der Waals surface area contributed by atoms with Crippen LogP contribution in [0.2, 0.25) is 0 Å². The molecule has 12 heteroatoms. The Balaban J connectivity index is 2.20. The number of alkyl halides is 3. The van der Waals surface area contributed by atoms with Crippen molar-refractivity contribution in [2.75, 3.05) is 0 Å². The Morgan fingerprint density at radius 2 is 1.94 bits per heavy atom. The molecule has 9 nitrogen and oxygen atoms in total. The zero-order valence-corrected chi connectivity index (χ0v) is 18.1. The summed E-state index contributed by atoms with van der Waals surface area (Å²) in [7, 11) is 0. The maximum absolute atomic E-state index is 13.4. The van der Waals surface area contributed by atoms with Gasteiger partial charge in [-0.1, -0.05) is 0 Å². The summed E-state index contributed by atoms with van der Waals surface area (Å²) >= 11 is 0. The number of rotatable bonds is 5. The second-order valence-corrected chi connectivity index (χ2v) is 8.11. The number of carbonyl (C=O) groups excluding carboxylic acids is 1. The molecule has 1 aromatic heterocycles. The molecule has 0 spiro atoms. The van der Waals surface area contributed by atoms with Gasteiger partial charge in [0, 0.05) is 24.8 Å². The highest BCUT2D eigenvalue weighted by atomic mass is 19.4. The summed E-state index contributed by atoms with van der Waals surface area (Å²) in [5, 5.41) is 9.60. The minimum absolute atomic E-state index is 0.000148. The molecule has 2 heterocycles. The molecule has 0 bridgehead atoms. The van der Waals surface area contributed by atoms with E-state index in [9.17, 15) is 32.9 Å². The van der Waals surface area contributed by atoms with Crippen LogP contribution in [-0.4, -0.2) is 27.3 Å². The monoisotopic (exact) mass is 470 g/mol. The fourth-order valence-corrected chi connectivity index (χ4v) is 3.79. The third-order valence-electron chi connectivity index (χ3n) is 5.28. The van der Waals surface area contributed by atoms with Crippen LogP contribution in [0.1, 0.15) is 56.5 Å². The van der Waals surface area contributed by atoms with Crippen molar-refractivity contribution in [2.24, 2.45) is 0 Å². The molecule has 1 unspecified atom stereocenters. The number of pyridine rings is 1. The number of carbonyl (C=O) groups is 1. The van der Waals surface area contributed by atoms with Gasteiger partial charge < -0.3 is 18.9 Å². The Kier molecular flexibility index (Phi) is 6.14. The normalized spacial score (nSPS) is 20.2. The van der Waals surface area contributed by atoms with Gasteiger partial charge in [0.25, 0.3) is 10.6 Å². The van der Waals surface area contributed by atoms with Gasteiger partial charge in [0.1, 0.15) is 23.5 Å². The first-order valence-electron chi connectivity index (χ1n) is 9.81. The second kappa shape index (κ2) is 8.41. The van der Waals surface area contributed by atoms with Crippen molar-refractivity contribution >= 4 is 5.97 Å². The van der Waals surface area contributed by atoms with Gasteiger partial charge in [-0.05, 0) is 50.6 Å². The minimum atomic E-state index is -4.66. The minimum Gasteiger partial charge on any atom is -0.484 e. The van der Waals surface area contributed by atoms with E-state index in [1.54, 1.807) is 13.8 Å². The smallest absolute Gasteiger partial charge is 0.416 e. The number of hydrogen-bond acceptors (Lipinski definition) is 7. The van der Waals surface area contributed by atoms with Crippen LogP contribution in [-0.2, 0) is 20.5 Å². The SMILES string of the molecule is CC(=O)O[C@H]1[C@H](n2ccc(C(C)O[N+](=O)[O-])cc2=O)c2cc(C(F)(F)F)ccc2OC1(C)C. The van der Waals surface area contributed by atoms with Crippen molar-refractivity contribution in [3.63, 3.8) is 0 Å². The van der Waals surface area contributed by atoms with Crippen LogP contribution >= 0.6 is 0 Å². The van der Waals surface area contributed by atoms with Crippen LogP contribution in [0, 0.1) is 10.1 Å². The van der Waals surface area contributed by atoms with E-state index < -0.39 is 52.2 Å². The van der Waals surface area contributed by atoms with Gasteiger partial charge in [0.05, 0.1) is 5.56 Å². The number of nitrogens with zero attached hydrogens (tertiary/aromatic N) is 2. The number of benzene rings is 1. The first-order chi connectivity index (χ1) is 15.2.